The van der Waals surface area contributed by atoms with Gasteiger partial charge in [0.25, 0.3) is 0 Å². The predicted molar refractivity (Wildman–Crippen MR) is 45.9 cm³/mol. The molecule has 0 spiro atoms. The minimum absolute atomic E-state index is 0.971. The van der Waals surface area contributed by atoms with E-state index < -0.39 is 0 Å². The highest BCUT2D eigenvalue weighted by atomic mass is 14.8. The third-order valence-corrected chi connectivity index (χ3v) is 3.62. The van der Waals surface area contributed by atoms with E-state index in [0.29, 0.717) is 0 Å². The van der Waals surface area contributed by atoms with E-state index in [0.717, 1.165) is 17.8 Å². The average Bonchev–Trinajstić information content (AvgIpc) is 2.18. The van der Waals surface area contributed by atoms with Crippen molar-refractivity contribution >= 4 is 5.71 Å². The van der Waals surface area contributed by atoms with Crippen molar-refractivity contribution in [2.45, 2.75) is 32.1 Å². The molecule has 0 saturated heterocycles. The van der Waals surface area contributed by atoms with Crippen LogP contribution in [0, 0.1) is 17.8 Å². The molecule has 2 heterocycles. The second kappa shape index (κ2) is 2.09. The Balaban J connectivity index is 1.98. The summed E-state index contributed by atoms with van der Waals surface area (Å²) in [6.07, 6.45) is 7.21. The molecule has 0 radical (unpaired) electrons. The molecular formula is C10H15N. The summed E-state index contributed by atoms with van der Waals surface area (Å²) < 4.78 is 0. The molecule has 4 bridgehead atoms. The van der Waals surface area contributed by atoms with Crippen molar-refractivity contribution in [1.29, 1.82) is 0 Å². The van der Waals surface area contributed by atoms with Gasteiger partial charge in [-0.2, -0.15) is 0 Å². The molecule has 2 aliphatic carbocycles. The number of hydrogen-bond acceptors (Lipinski definition) is 1. The lowest BCUT2D eigenvalue weighted by molar-refractivity contribution is 0.202. The van der Waals surface area contributed by atoms with E-state index in [2.05, 4.69) is 4.99 Å². The summed E-state index contributed by atoms with van der Waals surface area (Å²) in [5.41, 5.74) is 1.56. The van der Waals surface area contributed by atoms with Gasteiger partial charge in [0.15, 0.2) is 0 Å². The molecule has 60 valence electrons. The molecule has 0 aromatic heterocycles. The van der Waals surface area contributed by atoms with Crippen molar-refractivity contribution in [1.82, 2.24) is 0 Å². The molecule has 1 nitrogen and oxygen atoms in total. The highest BCUT2D eigenvalue weighted by Crippen LogP contribution is 2.43. The quantitative estimate of drug-likeness (QED) is 0.501. The van der Waals surface area contributed by atoms with Crippen molar-refractivity contribution in [2.24, 2.45) is 22.7 Å². The van der Waals surface area contributed by atoms with Gasteiger partial charge in [-0.3, -0.25) is 4.99 Å². The Hall–Kier alpha value is -0.330. The Morgan fingerprint density at radius 3 is 2.27 bits per heavy atom. The van der Waals surface area contributed by atoms with Crippen molar-refractivity contribution in [3.8, 4) is 0 Å². The van der Waals surface area contributed by atoms with Gasteiger partial charge in [-0.05, 0) is 49.9 Å². The molecular weight excluding hydrogens is 134 g/mol. The van der Waals surface area contributed by atoms with Gasteiger partial charge in [-0.15, -0.1) is 0 Å². The zero-order valence-corrected chi connectivity index (χ0v) is 6.92. The zero-order valence-electron chi connectivity index (χ0n) is 6.92. The Morgan fingerprint density at radius 2 is 1.55 bits per heavy atom. The van der Waals surface area contributed by atoms with Crippen molar-refractivity contribution < 1.29 is 0 Å². The summed E-state index contributed by atoms with van der Waals surface area (Å²) in [6.45, 7) is 1.17. The van der Waals surface area contributed by atoms with Crippen LogP contribution in [0.5, 0.6) is 0 Å². The average molecular weight is 149 g/mol. The van der Waals surface area contributed by atoms with E-state index >= 15 is 0 Å². The number of rotatable bonds is 0. The first-order valence-corrected chi connectivity index (χ1v) is 4.92. The fourth-order valence-electron chi connectivity index (χ4n) is 3.32. The fraction of sp³-hybridized carbons (Fsp3) is 0.900. The molecule has 2 aliphatic heterocycles. The van der Waals surface area contributed by atoms with Crippen LogP contribution in [-0.4, -0.2) is 12.3 Å². The monoisotopic (exact) mass is 149 g/mol. The van der Waals surface area contributed by atoms with E-state index in [4.69, 9.17) is 0 Å². The second-order valence-electron chi connectivity index (χ2n) is 4.62. The molecule has 4 rings (SSSR count). The molecule has 2 unspecified atom stereocenters. The fourth-order valence-corrected chi connectivity index (χ4v) is 3.32. The molecule has 1 heteroatoms. The third kappa shape index (κ3) is 0.935. The largest absolute Gasteiger partial charge is 0.294 e. The number of nitrogens with zero attached hydrogens (tertiary/aromatic N) is 1. The number of fused-ring (bicyclic) bond motifs is 1. The highest BCUT2D eigenvalue weighted by molar-refractivity contribution is 5.86. The lowest BCUT2D eigenvalue weighted by Gasteiger charge is -2.36. The first-order chi connectivity index (χ1) is 5.40. The summed E-state index contributed by atoms with van der Waals surface area (Å²) in [6, 6.07) is 0. The molecule has 0 aromatic carbocycles. The maximum absolute atomic E-state index is 4.68. The second-order valence-corrected chi connectivity index (χ2v) is 4.62. The van der Waals surface area contributed by atoms with E-state index in [-0.39, 0.29) is 0 Å². The molecule has 2 fully saturated rings. The van der Waals surface area contributed by atoms with Gasteiger partial charge in [0.2, 0.25) is 0 Å². The topological polar surface area (TPSA) is 12.4 Å². The van der Waals surface area contributed by atoms with Crippen LogP contribution in [0.2, 0.25) is 0 Å². The van der Waals surface area contributed by atoms with Gasteiger partial charge >= 0.3 is 0 Å². The van der Waals surface area contributed by atoms with E-state index in [1.165, 1.54) is 38.6 Å². The molecule has 0 N–H and O–H groups in total. The van der Waals surface area contributed by atoms with Crippen LogP contribution in [0.1, 0.15) is 32.1 Å². The summed E-state index contributed by atoms with van der Waals surface area (Å²) in [7, 11) is 0. The molecule has 2 saturated carbocycles. The minimum atomic E-state index is 0.971. The van der Waals surface area contributed by atoms with E-state index in [1.807, 2.05) is 0 Å². The van der Waals surface area contributed by atoms with E-state index in [9.17, 15) is 0 Å². The Kier molecular flexibility index (Phi) is 1.18. The van der Waals surface area contributed by atoms with Crippen molar-refractivity contribution in [3.05, 3.63) is 0 Å². The minimum Gasteiger partial charge on any atom is -0.294 e. The van der Waals surface area contributed by atoms with Crippen LogP contribution in [0.4, 0.5) is 0 Å². The van der Waals surface area contributed by atoms with Crippen LogP contribution in [0.25, 0.3) is 0 Å². The summed E-state index contributed by atoms with van der Waals surface area (Å²) in [4.78, 5) is 4.68. The predicted octanol–water partition coefficient (Wildman–Crippen LogP) is 2.27. The smallest absolute Gasteiger partial charge is 0.0417 e. The number of aliphatic imine (C=N–C) groups is 1. The number of hydrogen-bond donors (Lipinski definition) is 0. The molecule has 2 atom stereocenters. The Labute approximate surface area is 67.9 Å². The zero-order chi connectivity index (χ0) is 7.26. The van der Waals surface area contributed by atoms with Gasteiger partial charge in [-0.1, -0.05) is 0 Å². The normalized spacial score (nSPS) is 47.3. The van der Waals surface area contributed by atoms with Crippen LogP contribution < -0.4 is 0 Å². The maximum Gasteiger partial charge on any atom is 0.0417 e. The first kappa shape index (κ1) is 6.22. The van der Waals surface area contributed by atoms with Crippen LogP contribution in [-0.2, 0) is 0 Å². The molecule has 0 amide bonds. The van der Waals surface area contributed by atoms with Crippen molar-refractivity contribution in [3.63, 3.8) is 0 Å². The summed E-state index contributed by atoms with van der Waals surface area (Å²) in [5.74, 6) is 3.04. The molecule has 11 heavy (non-hydrogen) atoms. The van der Waals surface area contributed by atoms with Gasteiger partial charge in [-0.25, -0.2) is 0 Å². The first-order valence-electron chi connectivity index (χ1n) is 4.92. The SMILES string of the molecule is C1N=C2CC3CC1CC(C2)C3. The summed E-state index contributed by atoms with van der Waals surface area (Å²) in [5, 5.41) is 0. The highest BCUT2D eigenvalue weighted by Gasteiger charge is 2.36. The standard InChI is InChI=1S/C10H15N/c1-7-2-9-3-8(1)5-10(4-7)11-6-9/h7-9H,1-6H2. The van der Waals surface area contributed by atoms with Crippen LogP contribution >= 0.6 is 0 Å². The lowest BCUT2D eigenvalue weighted by atomic mass is 9.69. The van der Waals surface area contributed by atoms with Gasteiger partial charge < -0.3 is 0 Å². The van der Waals surface area contributed by atoms with Gasteiger partial charge in [0.1, 0.15) is 0 Å². The summed E-state index contributed by atoms with van der Waals surface area (Å²) >= 11 is 0. The van der Waals surface area contributed by atoms with Crippen LogP contribution in [0.3, 0.4) is 0 Å². The van der Waals surface area contributed by atoms with Crippen molar-refractivity contribution in [2.75, 3.05) is 6.54 Å². The lowest BCUT2D eigenvalue weighted by Crippen LogP contribution is -2.28. The Morgan fingerprint density at radius 1 is 0.909 bits per heavy atom. The maximum atomic E-state index is 4.68. The van der Waals surface area contributed by atoms with Gasteiger partial charge in [0, 0.05) is 12.3 Å². The Bertz CT molecular complexity index is 191. The third-order valence-electron chi connectivity index (χ3n) is 3.62. The molecule has 0 aromatic rings. The van der Waals surface area contributed by atoms with E-state index in [1.54, 1.807) is 5.71 Å². The molecule has 4 aliphatic rings. The van der Waals surface area contributed by atoms with Crippen LogP contribution in [0.15, 0.2) is 4.99 Å². The van der Waals surface area contributed by atoms with Gasteiger partial charge in [0.05, 0.1) is 0 Å².